The molecule has 0 aliphatic rings. The number of carbonyl (C=O) groups excluding carboxylic acids is 2. The Kier molecular flexibility index (Phi) is 129. The molecule has 0 aromatic heterocycles. The number of isocyanates is 2. The van der Waals surface area contributed by atoms with Gasteiger partial charge in [0.25, 0.3) is 0 Å². The van der Waals surface area contributed by atoms with Gasteiger partial charge >= 0.3 is 0 Å². The highest BCUT2D eigenvalue weighted by atomic mass is 16.1. The molecule has 0 atom stereocenters. The van der Waals surface area contributed by atoms with E-state index in [-0.39, 0.29) is 0 Å². The predicted octanol–water partition coefficient (Wildman–Crippen LogP) is -0.362. The zero-order valence-electron chi connectivity index (χ0n) is 5.32. The summed E-state index contributed by atoms with van der Waals surface area (Å²) in [5.41, 5.74) is 0. The van der Waals surface area contributed by atoms with E-state index in [1.165, 1.54) is 0 Å². The van der Waals surface area contributed by atoms with Gasteiger partial charge in [-0.2, -0.15) is 0 Å². The molecule has 3 N–H and O–H groups in total. The molecule has 0 aliphatic carbocycles. The maximum absolute atomic E-state index is 8.35. The molecule has 0 heterocycles. The van der Waals surface area contributed by atoms with Gasteiger partial charge in [0.05, 0.1) is 0 Å². The molecule has 0 amide bonds. The van der Waals surface area contributed by atoms with E-state index < -0.39 is 0 Å². The quantitative estimate of drug-likeness (QED) is 0.309. The second-order valence-electron chi connectivity index (χ2n) is 0.704. The van der Waals surface area contributed by atoms with Gasteiger partial charge in [-0.25, -0.2) is 20.4 Å². The van der Waals surface area contributed by atoms with E-state index in [4.69, 9.17) is 20.4 Å². The van der Waals surface area contributed by atoms with Gasteiger partial charge < -0.3 is 5.32 Å². The molecule has 0 radical (unpaired) electrons. The molecule has 0 aromatic carbocycles. The van der Waals surface area contributed by atoms with E-state index in [2.05, 4.69) is 5.32 Å². The van der Waals surface area contributed by atoms with Crippen molar-refractivity contribution in [2.24, 2.45) is 0 Å². The Balaban J connectivity index is -0.0000000600. The average molecular weight is 131 g/mol. The molecule has 0 unspecified atom stereocenters. The molecular weight excluding hydrogens is 122 g/mol. The van der Waals surface area contributed by atoms with Crippen LogP contribution in [-0.4, -0.2) is 26.3 Å². The van der Waals surface area contributed by atoms with E-state index in [0.717, 1.165) is 12.2 Å². The average Bonchev–Trinajstić information content (AvgIpc) is 1.70. The van der Waals surface area contributed by atoms with Gasteiger partial charge in [0, 0.05) is 0 Å². The second-order valence-corrected chi connectivity index (χ2v) is 0.704. The molecule has 0 bridgehead atoms. The molecule has 5 nitrogen and oxygen atoms in total. The summed E-state index contributed by atoms with van der Waals surface area (Å²) in [5, 5.41) is 13.6. The van der Waals surface area contributed by atoms with Gasteiger partial charge in [-0.15, -0.1) is 0 Å². The highest BCUT2D eigenvalue weighted by Gasteiger charge is 1.25. The first-order valence-electron chi connectivity index (χ1n) is 1.91. The third kappa shape index (κ3) is 91.4. The van der Waals surface area contributed by atoms with Crippen molar-refractivity contribution in [1.82, 2.24) is 5.32 Å². The minimum atomic E-state index is 0.750. The third-order valence-corrected chi connectivity index (χ3v) is 0. The smallest absolute Gasteiger partial charge is 0.231 e. The van der Waals surface area contributed by atoms with Crippen LogP contribution in [0.25, 0.3) is 0 Å². The Morgan fingerprint density at radius 3 is 1.11 bits per heavy atom. The van der Waals surface area contributed by atoms with Gasteiger partial charge in [-0.3, -0.25) is 0 Å². The lowest BCUT2D eigenvalue weighted by molar-refractivity contribution is 0.562. The van der Waals surface area contributed by atoms with Gasteiger partial charge in [0.15, 0.2) is 0 Å². The molecular formula is C4H9N3O2. The van der Waals surface area contributed by atoms with Crippen LogP contribution in [0.3, 0.4) is 0 Å². The van der Waals surface area contributed by atoms with E-state index in [1.54, 1.807) is 0 Å². The molecule has 0 spiro atoms. The van der Waals surface area contributed by atoms with E-state index in [9.17, 15) is 0 Å². The molecule has 9 heavy (non-hydrogen) atoms. The monoisotopic (exact) mass is 131 g/mol. The Labute approximate surface area is 53.1 Å². The van der Waals surface area contributed by atoms with Crippen LogP contribution in [0.15, 0.2) is 0 Å². The molecule has 5 heteroatoms. The zero-order valence-corrected chi connectivity index (χ0v) is 5.32. The normalized spacial score (nSPS) is 3.78. The van der Waals surface area contributed by atoms with Crippen molar-refractivity contribution < 1.29 is 9.59 Å². The zero-order chi connectivity index (χ0) is 8.12. The SMILES string of the molecule is CNC.N=C=O.N=C=O. The van der Waals surface area contributed by atoms with Crippen LogP contribution < -0.4 is 5.32 Å². The van der Waals surface area contributed by atoms with Crippen LogP contribution in [0.4, 0.5) is 0 Å². The molecule has 0 saturated heterocycles. The molecule has 0 saturated carbocycles. The molecule has 0 aliphatic heterocycles. The van der Waals surface area contributed by atoms with Crippen molar-refractivity contribution in [3.63, 3.8) is 0 Å². The minimum Gasteiger partial charge on any atom is -0.323 e. The molecule has 0 aromatic rings. The molecule has 0 fully saturated rings. The summed E-state index contributed by atoms with van der Waals surface area (Å²) in [5.74, 6) is 0. The van der Waals surface area contributed by atoms with E-state index in [1.807, 2.05) is 14.1 Å². The number of nitrogens with one attached hydrogen (secondary N) is 3. The summed E-state index contributed by atoms with van der Waals surface area (Å²) >= 11 is 0. The Hall–Kier alpha value is -1.28. The largest absolute Gasteiger partial charge is 0.323 e. The van der Waals surface area contributed by atoms with E-state index >= 15 is 0 Å². The Morgan fingerprint density at radius 2 is 1.11 bits per heavy atom. The minimum absolute atomic E-state index is 0.750. The maximum Gasteiger partial charge on any atom is 0.231 e. The first-order chi connectivity index (χ1) is 4.24. The summed E-state index contributed by atoms with van der Waals surface area (Å²) in [6.07, 6.45) is 1.50. The highest BCUT2D eigenvalue weighted by molar-refractivity contribution is 5.26. The molecule has 52 valence electrons. The summed E-state index contributed by atoms with van der Waals surface area (Å²) in [7, 11) is 3.75. The Morgan fingerprint density at radius 1 is 1.11 bits per heavy atom. The van der Waals surface area contributed by atoms with Crippen molar-refractivity contribution in [3.8, 4) is 0 Å². The Bertz CT molecular complexity index is 78.0. The fourth-order valence-corrected chi connectivity index (χ4v) is 0. The van der Waals surface area contributed by atoms with Gasteiger partial charge in [0.2, 0.25) is 12.2 Å². The van der Waals surface area contributed by atoms with Gasteiger partial charge in [-0.1, -0.05) is 0 Å². The van der Waals surface area contributed by atoms with Crippen LogP contribution >= 0.6 is 0 Å². The lowest BCUT2D eigenvalue weighted by Crippen LogP contribution is -1.89. The first kappa shape index (κ1) is 15.6. The van der Waals surface area contributed by atoms with Crippen LogP contribution in [0, 0.1) is 10.8 Å². The van der Waals surface area contributed by atoms with Crippen molar-refractivity contribution in [3.05, 3.63) is 0 Å². The highest BCUT2D eigenvalue weighted by Crippen LogP contribution is 0.981. The summed E-state index contributed by atoms with van der Waals surface area (Å²) in [6, 6.07) is 0. The fourth-order valence-electron chi connectivity index (χ4n) is 0. The van der Waals surface area contributed by atoms with E-state index in [0.29, 0.717) is 0 Å². The standard InChI is InChI=1S/C2H7N.2CHNO/c1-3-2;2*2-1-3/h3H,1-2H3;2*2H. The summed E-state index contributed by atoms with van der Waals surface area (Å²) in [4.78, 5) is 16.7. The fraction of sp³-hybridized carbons (Fsp3) is 0.500. The summed E-state index contributed by atoms with van der Waals surface area (Å²) in [6.45, 7) is 0. The maximum atomic E-state index is 8.35. The topological polar surface area (TPSA) is 93.9 Å². The van der Waals surface area contributed by atoms with Gasteiger partial charge in [0.1, 0.15) is 0 Å². The lowest BCUT2D eigenvalue weighted by atomic mass is 11.3. The van der Waals surface area contributed by atoms with Crippen LogP contribution in [-0.2, 0) is 9.59 Å². The van der Waals surface area contributed by atoms with Gasteiger partial charge in [-0.05, 0) is 14.1 Å². The number of hydrogen-bond donors (Lipinski definition) is 3. The third-order valence-electron chi connectivity index (χ3n) is 0. The lowest BCUT2D eigenvalue weighted by Gasteiger charge is -1.59. The van der Waals surface area contributed by atoms with Crippen LogP contribution in [0.5, 0.6) is 0 Å². The van der Waals surface area contributed by atoms with Crippen molar-refractivity contribution in [2.45, 2.75) is 0 Å². The molecule has 0 rings (SSSR count). The van der Waals surface area contributed by atoms with Crippen molar-refractivity contribution in [1.29, 1.82) is 10.8 Å². The summed E-state index contributed by atoms with van der Waals surface area (Å²) < 4.78 is 0. The number of hydrogen-bond acceptors (Lipinski definition) is 5. The van der Waals surface area contributed by atoms with Crippen molar-refractivity contribution >= 4 is 12.2 Å². The second kappa shape index (κ2) is 74.3. The van der Waals surface area contributed by atoms with Crippen molar-refractivity contribution in [2.75, 3.05) is 14.1 Å². The van der Waals surface area contributed by atoms with Crippen LogP contribution in [0.2, 0.25) is 0 Å². The number of rotatable bonds is 0. The predicted molar refractivity (Wildman–Crippen MR) is 31.8 cm³/mol. The van der Waals surface area contributed by atoms with Crippen LogP contribution in [0.1, 0.15) is 0 Å². The first-order valence-corrected chi connectivity index (χ1v) is 1.91.